The predicted octanol–water partition coefficient (Wildman–Crippen LogP) is 5.43. The highest BCUT2D eigenvalue weighted by molar-refractivity contribution is 5.94. The molecule has 0 spiro atoms. The Morgan fingerprint density at radius 2 is 1.87 bits per heavy atom. The van der Waals surface area contributed by atoms with Gasteiger partial charge in [0.15, 0.2) is 5.69 Å². The Balaban J connectivity index is 1.45. The van der Waals surface area contributed by atoms with E-state index in [4.69, 9.17) is 9.84 Å². The highest BCUT2D eigenvalue weighted by Gasteiger charge is 2.34. The number of halogens is 3. The molecule has 1 aliphatic rings. The Morgan fingerprint density at radius 1 is 1.13 bits per heavy atom. The van der Waals surface area contributed by atoms with Crippen LogP contribution >= 0.6 is 0 Å². The van der Waals surface area contributed by atoms with Gasteiger partial charge in [-0.3, -0.25) is 14.7 Å². The number of imidazole rings is 1. The number of fused-ring (bicyclic) bond motifs is 1. The molecule has 8 nitrogen and oxygen atoms in total. The van der Waals surface area contributed by atoms with E-state index in [1.165, 1.54) is 11.6 Å². The highest BCUT2D eigenvalue weighted by Crippen LogP contribution is 2.38. The molecule has 0 radical (unpaired) electrons. The van der Waals surface area contributed by atoms with Gasteiger partial charge in [0.05, 0.1) is 31.5 Å². The molecule has 0 N–H and O–H groups in total. The van der Waals surface area contributed by atoms with Crippen molar-refractivity contribution in [1.29, 1.82) is 0 Å². The number of methoxy groups -OCH3 is 1. The van der Waals surface area contributed by atoms with Crippen molar-refractivity contribution in [3.05, 3.63) is 65.7 Å². The second-order valence-corrected chi connectivity index (χ2v) is 9.52. The van der Waals surface area contributed by atoms with Crippen molar-refractivity contribution < 1.29 is 22.7 Å². The van der Waals surface area contributed by atoms with Gasteiger partial charge in [-0.15, -0.1) is 0 Å². The van der Waals surface area contributed by atoms with E-state index in [0.717, 1.165) is 23.0 Å². The second kappa shape index (κ2) is 9.62. The van der Waals surface area contributed by atoms with E-state index < -0.39 is 11.9 Å². The van der Waals surface area contributed by atoms with Crippen LogP contribution in [-0.2, 0) is 31.1 Å². The number of anilines is 1. The molecule has 1 amide bonds. The van der Waals surface area contributed by atoms with Gasteiger partial charge < -0.3 is 9.30 Å². The van der Waals surface area contributed by atoms with E-state index >= 15 is 0 Å². The standard InChI is InChI=1S/C27H27F3N6O2/c1-16(2)25-24(20(38-4)9-11-31-25)19-13-22-35(23(37)10-12-36(22)33-19)14-17-5-7-18(8-6-17)26-32-21(15-34(26)3)27(28,29)30/h5-9,11,13,15-16H,10,12,14H2,1-4H3. The first kappa shape index (κ1) is 25.5. The zero-order valence-electron chi connectivity index (χ0n) is 21.5. The van der Waals surface area contributed by atoms with Crippen molar-refractivity contribution in [3.8, 4) is 28.4 Å². The third kappa shape index (κ3) is 4.64. The van der Waals surface area contributed by atoms with Gasteiger partial charge in [-0.05, 0) is 17.5 Å². The average Bonchev–Trinajstić information content (AvgIpc) is 3.49. The highest BCUT2D eigenvalue weighted by atomic mass is 19.4. The van der Waals surface area contributed by atoms with Crippen molar-refractivity contribution in [2.75, 3.05) is 12.0 Å². The number of rotatable bonds is 6. The largest absolute Gasteiger partial charge is 0.496 e. The van der Waals surface area contributed by atoms with Crippen LogP contribution in [0.25, 0.3) is 22.6 Å². The lowest BCUT2D eigenvalue weighted by Crippen LogP contribution is -2.36. The van der Waals surface area contributed by atoms with Gasteiger partial charge in [-0.2, -0.15) is 18.3 Å². The zero-order valence-corrected chi connectivity index (χ0v) is 21.5. The van der Waals surface area contributed by atoms with Crippen LogP contribution in [0.15, 0.2) is 48.8 Å². The minimum atomic E-state index is -4.51. The number of aryl methyl sites for hydroxylation is 2. The molecule has 1 aliphatic heterocycles. The van der Waals surface area contributed by atoms with Gasteiger partial charge >= 0.3 is 6.18 Å². The van der Waals surface area contributed by atoms with Gasteiger partial charge in [-0.1, -0.05) is 38.1 Å². The molecule has 38 heavy (non-hydrogen) atoms. The Hall–Kier alpha value is -4.15. The molecule has 0 fully saturated rings. The summed E-state index contributed by atoms with van der Waals surface area (Å²) in [5, 5.41) is 4.78. The summed E-state index contributed by atoms with van der Waals surface area (Å²) >= 11 is 0. The molecule has 3 aromatic heterocycles. The fourth-order valence-electron chi connectivity index (χ4n) is 4.68. The Bertz CT molecular complexity index is 1490. The van der Waals surface area contributed by atoms with E-state index in [-0.39, 0.29) is 17.6 Å². The molecule has 4 aromatic rings. The molecule has 4 heterocycles. The number of amides is 1. The number of hydrogen-bond donors (Lipinski definition) is 0. The quantitative estimate of drug-likeness (QED) is 0.336. The summed E-state index contributed by atoms with van der Waals surface area (Å²) in [5.41, 5.74) is 2.78. The smallest absolute Gasteiger partial charge is 0.434 e. The number of ether oxygens (including phenoxy) is 1. The van der Waals surface area contributed by atoms with E-state index in [2.05, 4.69) is 23.8 Å². The van der Waals surface area contributed by atoms with Gasteiger partial charge in [0.2, 0.25) is 5.91 Å². The lowest BCUT2D eigenvalue weighted by molar-refractivity contribution is -0.140. The molecule has 0 unspecified atom stereocenters. The van der Waals surface area contributed by atoms with Crippen molar-refractivity contribution in [2.45, 2.75) is 45.5 Å². The topological polar surface area (TPSA) is 78.1 Å². The number of nitrogens with zero attached hydrogens (tertiary/aromatic N) is 6. The first-order valence-corrected chi connectivity index (χ1v) is 12.2. The molecular formula is C27H27F3N6O2. The summed E-state index contributed by atoms with van der Waals surface area (Å²) in [6, 6.07) is 10.7. The number of aromatic nitrogens is 5. The van der Waals surface area contributed by atoms with Crippen molar-refractivity contribution in [3.63, 3.8) is 0 Å². The number of pyridine rings is 1. The molecule has 0 bridgehead atoms. The van der Waals surface area contributed by atoms with E-state index in [1.54, 1.807) is 48.5 Å². The van der Waals surface area contributed by atoms with E-state index in [0.29, 0.717) is 42.3 Å². The van der Waals surface area contributed by atoms with Crippen LogP contribution in [-0.4, -0.2) is 37.3 Å². The molecule has 198 valence electrons. The molecule has 0 atom stereocenters. The average molecular weight is 525 g/mol. The van der Waals surface area contributed by atoms with Gasteiger partial charge in [0.25, 0.3) is 0 Å². The predicted molar refractivity (Wildman–Crippen MR) is 136 cm³/mol. The Morgan fingerprint density at radius 3 is 2.50 bits per heavy atom. The van der Waals surface area contributed by atoms with Crippen LogP contribution in [0, 0.1) is 0 Å². The number of alkyl halides is 3. The first-order valence-electron chi connectivity index (χ1n) is 12.2. The molecule has 11 heteroatoms. The number of hydrogen-bond acceptors (Lipinski definition) is 5. The minimum Gasteiger partial charge on any atom is -0.496 e. The molecule has 5 rings (SSSR count). The van der Waals surface area contributed by atoms with E-state index in [1.807, 2.05) is 10.7 Å². The molecular weight excluding hydrogens is 497 g/mol. The van der Waals surface area contributed by atoms with Gasteiger partial charge in [0, 0.05) is 37.5 Å². The SMILES string of the molecule is COc1ccnc(C(C)C)c1-c1cc2n(n1)CCC(=O)N2Cc1ccc(-c2nc(C(F)(F)F)cn2C)cc1. The van der Waals surface area contributed by atoms with Crippen LogP contribution in [0.4, 0.5) is 19.0 Å². The monoisotopic (exact) mass is 524 g/mol. The lowest BCUT2D eigenvalue weighted by Gasteiger charge is -2.27. The summed E-state index contributed by atoms with van der Waals surface area (Å²) in [6.45, 7) is 4.86. The molecule has 1 aromatic carbocycles. The fourth-order valence-corrected chi connectivity index (χ4v) is 4.68. The van der Waals surface area contributed by atoms with Crippen molar-refractivity contribution in [2.24, 2.45) is 7.05 Å². The van der Waals surface area contributed by atoms with Gasteiger partial charge in [0.1, 0.15) is 23.1 Å². The normalized spacial score (nSPS) is 13.8. The maximum absolute atomic E-state index is 13.1. The summed E-state index contributed by atoms with van der Waals surface area (Å²) in [5.74, 6) is 1.65. The van der Waals surface area contributed by atoms with Crippen LogP contribution in [0.3, 0.4) is 0 Å². The number of benzene rings is 1. The molecule has 0 aliphatic carbocycles. The summed E-state index contributed by atoms with van der Waals surface area (Å²) < 4.78 is 48.0. The second-order valence-electron chi connectivity index (χ2n) is 9.52. The minimum absolute atomic E-state index is 0.0332. The van der Waals surface area contributed by atoms with E-state index in [9.17, 15) is 18.0 Å². The molecule has 0 saturated heterocycles. The third-order valence-corrected chi connectivity index (χ3v) is 6.56. The fraction of sp³-hybridized carbons (Fsp3) is 0.333. The van der Waals surface area contributed by atoms with Crippen LogP contribution in [0.1, 0.15) is 43.1 Å². The van der Waals surface area contributed by atoms with Crippen LogP contribution < -0.4 is 9.64 Å². The Kier molecular flexibility index (Phi) is 6.46. The lowest BCUT2D eigenvalue weighted by atomic mass is 10.0. The van der Waals surface area contributed by atoms with Gasteiger partial charge in [-0.25, -0.2) is 9.67 Å². The summed E-state index contributed by atoms with van der Waals surface area (Å²) in [6.07, 6.45) is -1.53. The van der Waals surface area contributed by atoms with Crippen molar-refractivity contribution in [1.82, 2.24) is 24.3 Å². The molecule has 0 saturated carbocycles. The van der Waals surface area contributed by atoms with Crippen LogP contribution in [0.5, 0.6) is 5.75 Å². The zero-order chi connectivity index (χ0) is 27.2. The maximum Gasteiger partial charge on any atom is 0.434 e. The summed E-state index contributed by atoms with van der Waals surface area (Å²) in [4.78, 5) is 22.9. The number of carbonyl (C=O) groups excluding carboxylic acids is 1. The summed E-state index contributed by atoms with van der Waals surface area (Å²) in [7, 11) is 3.13. The van der Waals surface area contributed by atoms with Crippen LogP contribution in [0.2, 0.25) is 0 Å². The third-order valence-electron chi connectivity index (χ3n) is 6.56. The number of carbonyl (C=O) groups is 1. The Labute approximate surface area is 217 Å². The van der Waals surface area contributed by atoms with Crippen molar-refractivity contribution >= 4 is 11.7 Å². The first-order chi connectivity index (χ1) is 18.1. The maximum atomic E-state index is 13.1.